The van der Waals surface area contributed by atoms with Gasteiger partial charge in [-0.25, -0.2) is 5.43 Å². The molecule has 0 aliphatic rings. The average Bonchev–Trinajstić information content (AvgIpc) is 3.04. The smallest absolute Gasteiger partial charge is 0.266 e. The number of nitro benzene ring substituents is 1. The van der Waals surface area contributed by atoms with Gasteiger partial charge in [-0.05, 0) is 39.2 Å². The van der Waals surface area contributed by atoms with E-state index in [1.807, 2.05) is 24.3 Å². The van der Waals surface area contributed by atoms with Crippen molar-refractivity contribution in [2.75, 3.05) is 0 Å². The first kappa shape index (κ1) is 19.9. The van der Waals surface area contributed by atoms with Gasteiger partial charge >= 0.3 is 0 Å². The molecule has 0 radical (unpaired) electrons. The molecule has 28 heavy (non-hydrogen) atoms. The van der Waals surface area contributed by atoms with Crippen LogP contribution in [-0.4, -0.2) is 26.8 Å². The molecule has 0 saturated heterocycles. The van der Waals surface area contributed by atoms with Gasteiger partial charge in [-0.15, -0.1) is 0 Å². The van der Waals surface area contributed by atoms with Gasteiger partial charge in [0.15, 0.2) is 5.69 Å². The third kappa shape index (κ3) is 5.11. The number of carbonyl (C=O) groups is 1. The van der Waals surface area contributed by atoms with E-state index in [9.17, 15) is 14.9 Å². The highest BCUT2D eigenvalue weighted by Crippen LogP contribution is 2.17. The molecular weight excluding hydrogens is 494 g/mol. The third-order valence-electron chi connectivity index (χ3n) is 3.67. The van der Waals surface area contributed by atoms with E-state index in [1.54, 1.807) is 23.0 Å². The van der Waals surface area contributed by atoms with E-state index < -0.39 is 10.8 Å². The number of aromatic nitrogens is 2. The van der Waals surface area contributed by atoms with Crippen LogP contribution in [0.3, 0.4) is 0 Å². The Morgan fingerprint density at radius 2 is 1.86 bits per heavy atom. The Bertz CT molecular complexity index is 1030. The summed E-state index contributed by atoms with van der Waals surface area (Å²) < 4.78 is 3.04. The van der Waals surface area contributed by atoms with Crippen molar-refractivity contribution in [2.24, 2.45) is 5.10 Å². The van der Waals surface area contributed by atoms with E-state index in [2.05, 4.69) is 47.5 Å². The van der Waals surface area contributed by atoms with Crippen molar-refractivity contribution >= 4 is 49.7 Å². The zero-order chi connectivity index (χ0) is 20.1. The summed E-state index contributed by atoms with van der Waals surface area (Å²) in [4.78, 5) is 22.5. The Balaban J connectivity index is 1.64. The molecule has 0 saturated carbocycles. The van der Waals surface area contributed by atoms with Crippen LogP contribution >= 0.6 is 31.9 Å². The van der Waals surface area contributed by atoms with Crippen LogP contribution in [-0.2, 0) is 6.54 Å². The molecule has 0 unspecified atom stereocenters. The summed E-state index contributed by atoms with van der Waals surface area (Å²) in [5.41, 5.74) is 4.31. The molecule has 1 N–H and O–H groups in total. The number of non-ortho nitro benzene ring substituents is 1. The second-order valence-electron chi connectivity index (χ2n) is 5.70. The van der Waals surface area contributed by atoms with E-state index >= 15 is 0 Å². The lowest BCUT2D eigenvalue weighted by molar-refractivity contribution is -0.384. The number of hydrogen-bond donors (Lipinski definition) is 1. The van der Waals surface area contributed by atoms with Gasteiger partial charge in [-0.2, -0.15) is 10.2 Å². The lowest BCUT2D eigenvalue weighted by Crippen LogP contribution is -2.19. The molecule has 2 aromatic carbocycles. The lowest BCUT2D eigenvalue weighted by atomic mass is 10.2. The molecule has 0 bridgehead atoms. The van der Waals surface area contributed by atoms with Gasteiger partial charge in [0.2, 0.25) is 0 Å². The normalized spacial score (nSPS) is 10.9. The van der Waals surface area contributed by atoms with Gasteiger partial charge < -0.3 is 0 Å². The second kappa shape index (κ2) is 8.89. The van der Waals surface area contributed by atoms with Crippen LogP contribution in [0.4, 0.5) is 5.69 Å². The number of amides is 1. The molecule has 0 aliphatic heterocycles. The summed E-state index contributed by atoms with van der Waals surface area (Å²) in [7, 11) is 0. The number of benzene rings is 2. The third-order valence-corrected chi connectivity index (χ3v) is 4.78. The molecule has 142 valence electrons. The highest BCUT2D eigenvalue weighted by atomic mass is 79.9. The number of rotatable bonds is 6. The average molecular weight is 507 g/mol. The van der Waals surface area contributed by atoms with Crippen LogP contribution in [0, 0.1) is 10.1 Å². The summed E-state index contributed by atoms with van der Waals surface area (Å²) in [6.07, 6.45) is 3.20. The molecule has 0 aliphatic carbocycles. The van der Waals surface area contributed by atoms with Crippen LogP contribution in [0.2, 0.25) is 0 Å². The van der Waals surface area contributed by atoms with E-state index in [0.29, 0.717) is 11.0 Å². The lowest BCUT2D eigenvalue weighted by Gasteiger charge is -2.01. The second-order valence-corrected chi connectivity index (χ2v) is 7.47. The first-order valence-corrected chi connectivity index (χ1v) is 9.56. The molecule has 0 atom stereocenters. The largest absolute Gasteiger partial charge is 0.293 e. The van der Waals surface area contributed by atoms with Crippen LogP contribution in [0.5, 0.6) is 0 Å². The van der Waals surface area contributed by atoms with Crippen molar-refractivity contribution in [1.82, 2.24) is 15.2 Å². The minimum Gasteiger partial charge on any atom is -0.266 e. The molecular formula is C18H13Br2N5O3. The van der Waals surface area contributed by atoms with Crippen molar-refractivity contribution in [3.05, 3.63) is 90.6 Å². The van der Waals surface area contributed by atoms with Gasteiger partial charge in [-0.3, -0.25) is 19.6 Å². The minimum atomic E-state index is -0.456. The van der Waals surface area contributed by atoms with E-state index in [4.69, 9.17) is 0 Å². The maximum absolute atomic E-state index is 12.3. The molecule has 8 nitrogen and oxygen atoms in total. The number of nitrogens with zero attached hydrogens (tertiary/aromatic N) is 4. The zero-order valence-corrected chi connectivity index (χ0v) is 17.4. The summed E-state index contributed by atoms with van der Waals surface area (Å²) in [5.74, 6) is -0.456. The van der Waals surface area contributed by atoms with E-state index in [1.165, 1.54) is 18.3 Å². The topological polar surface area (TPSA) is 102 Å². The van der Waals surface area contributed by atoms with Crippen LogP contribution in [0.1, 0.15) is 21.6 Å². The Morgan fingerprint density at radius 1 is 1.18 bits per heavy atom. The summed E-state index contributed by atoms with van der Waals surface area (Å²) in [6, 6.07) is 13.6. The minimum absolute atomic E-state index is 0.0223. The monoisotopic (exact) mass is 505 g/mol. The van der Waals surface area contributed by atoms with Crippen molar-refractivity contribution in [1.29, 1.82) is 0 Å². The Kier molecular flexibility index (Phi) is 6.32. The van der Waals surface area contributed by atoms with Crippen molar-refractivity contribution in [3.63, 3.8) is 0 Å². The summed E-state index contributed by atoms with van der Waals surface area (Å²) in [6.45, 7) is 0.367. The van der Waals surface area contributed by atoms with Gasteiger partial charge in [0, 0.05) is 22.8 Å². The predicted octanol–water partition coefficient (Wildman–Crippen LogP) is 4.13. The fraction of sp³-hybridized carbons (Fsp3) is 0.0556. The highest BCUT2D eigenvalue weighted by Gasteiger charge is 2.15. The Hall–Kier alpha value is -2.85. The fourth-order valence-electron chi connectivity index (χ4n) is 2.31. The molecule has 3 rings (SSSR count). The molecule has 1 amide bonds. The summed E-state index contributed by atoms with van der Waals surface area (Å²) >= 11 is 6.67. The molecule has 1 aromatic heterocycles. The van der Waals surface area contributed by atoms with Gasteiger partial charge in [-0.1, -0.05) is 40.2 Å². The van der Waals surface area contributed by atoms with Crippen LogP contribution in [0.25, 0.3) is 0 Å². The van der Waals surface area contributed by atoms with E-state index in [0.717, 1.165) is 15.6 Å². The zero-order valence-electron chi connectivity index (χ0n) is 14.3. The maximum atomic E-state index is 12.3. The first-order chi connectivity index (χ1) is 13.4. The predicted molar refractivity (Wildman–Crippen MR) is 111 cm³/mol. The Morgan fingerprint density at radius 3 is 2.50 bits per heavy atom. The van der Waals surface area contributed by atoms with E-state index in [-0.39, 0.29) is 11.4 Å². The SMILES string of the molecule is O=C(N/N=C\c1ccc(Br)cc1)c1nn(Cc2ccc([N+](=O)[O-])cc2)cc1Br. The van der Waals surface area contributed by atoms with Gasteiger partial charge in [0.25, 0.3) is 11.6 Å². The van der Waals surface area contributed by atoms with Crippen molar-refractivity contribution in [3.8, 4) is 0 Å². The summed E-state index contributed by atoms with van der Waals surface area (Å²) in [5, 5.41) is 18.9. The molecule has 0 fully saturated rings. The number of carbonyl (C=O) groups excluding carboxylic acids is 1. The number of halogens is 2. The number of nitrogens with one attached hydrogen (secondary N) is 1. The molecule has 0 spiro atoms. The van der Waals surface area contributed by atoms with Crippen LogP contribution in [0.15, 0.2) is 68.8 Å². The first-order valence-electron chi connectivity index (χ1n) is 7.97. The van der Waals surface area contributed by atoms with Gasteiger partial charge in [0.05, 0.1) is 22.2 Å². The molecule has 10 heteroatoms. The quantitative estimate of drug-likeness (QED) is 0.308. The highest BCUT2D eigenvalue weighted by molar-refractivity contribution is 9.10. The standard InChI is InChI=1S/C18H13Br2N5O3/c19-14-5-1-12(2-6-14)9-21-22-18(26)17-16(20)11-24(23-17)10-13-3-7-15(8-4-13)25(27)28/h1-9,11H,10H2,(H,22,26)/b21-9-. The maximum Gasteiger partial charge on any atom is 0.293 e. The Labute approximate surface area is 176 Å². The molecule has 3 aromatic rings. The molecule has 1 heterocycles. The number of hydrazone groups is 1. The number of nitro groups is 1. The van der Waals surface area contributed by atoms with Crippen molar-refractivity contribution < 1.29 is 9.72 Å². The van der Waals surface area contributed by atoms with Crippen molar-refractivity contribution in [2.45, 2.75) is 6.54 Å². The number of hydrogen-bond acceptors (Lipinski definition) is 5. The van der Waals surface area contributed by atoms with Gasteiger partial charge in [0.1, 0.15) is 0 Å². The van der Waals surface area contributed by atoms with Crippen LogP contribution < -0.4 is 5.43 Å². The fourth-order valence-corrected chi connectivity index (χ4v) is 3.07.